The predicted molar refractivity (Wildman–Crippen MR) is 85.6 cm³/mol. The van der Waals surface area contributed by atoms with Crippen molar-refractivity contribution in [1.82, 2.24) is 5.32 Å². The molecule has 0 aromatic heterocycles. The molecule has 20 heavy (non-hydrogen) atoms. The summed E-state index contributed by atoms with van der Waals surface area (Å²) in [4.78, 5) is 0. The highest BCUT2D eigenvalue weighted by Gasteiger charge is 2.34. The molecule has 2 heteroatoms. The molecule has 1 aliphatic carbocycles. The summed E-state index contributed by atoms with van der Waals surface area (Å²) in [5.74, 6) is 1.71. The molecule has 1 saturated carbocycles. The smallest absolute Gasteiger partial charge is 0.0876 e. The molecule has 0 bridgehead atoms. The summed E-state index contributed by atoms with van der Waals surface area (Å²) in [6.45, 7) is 11.4. The molecule has 0 aromatic rings. The Morgan fingerprint density at radius 3 is 2.45 bits per heavy atom. The van der Waals surface area contributed by atoms with Crippen LogP contribution >= 0.6 is 0 Å². The van der Waals surface area contributed by atoms with Crippen molar-refractivity contribution in [1.29, 1.82) is 0 Å². The van der Waals surface area contributed by atoms with Gasteiger partial charge in [0, 0.05) is 6.04 Å². The lowest BCUT2D eigenvalue weighted by Crippen LogP contribution is -2.41. The van der Waals surface area contributed by atoms with E-state index in [-0.39, 0.29) is 0 Å². The van der Waals surface area contributed by atoms with Crippen LogP contribution < -0.4 is 5.32 Å². The molecular weight excluding hydrogens is 246 g/mol. The van der Waals surface area contributed by atoms with Gasteiger partial charge in [-0.25, -0.2) is 0 Å². The van der Waals surface area contributed by atoms with E-state index < -0.39 is 0 Å². The molecule has 0 saturated heterocycles. The van der Waals surface area contributed by atoms with E-state index in [1.165, 1.54) is 44.1 Å². The maximum absolute atomic E-state index is 5.57. The van der Waals surface area contributed by atoms with E-state index in [2.05, 4.69) is 33.0 Å². The molecule has 1 aliphatic heterocycles. The summed E-state index contributed by atoms with van der Waals surface area (Å²) >= 11 is 0. The van der Waals surface area contributed by atoms with Gasteiger partial charge in [0.05, 0.1) is 12.9 Å². The van der Waals surface area contributed by atoms with Gasteiger partial charge >= 0.3 is 0 Å². The minimum atomic E-state index is 0.478. The second-order valence-corrected chi connectivity index (χ2v) is 7.68. The Hall–Kier alpha value is -0.500. The summed E-state index contributed by atoms with van der Waals surface area (Å²) in [5.41, 5.74) is 1.99. The average Bonchev–Trinajstić information content (AvgIpc) is 2.45. The topological polar surface area (TPSA) is 21.3 Å². The Morgan fingerprint density at radius 2 is 1.95 bits per heavy atom. The van der Waals surface area contributed by atoms with Gasteiger partial charge in [-0.15, -0.1) is 0 Å². The maximum atomic E-state index is 5.57. The summed E-state index contributed by atoms with van der Waals surface area (Å²) < 4.78 is 5.57. The Labute approximate surface area is 125 Å². The second kappa shape index (κ2) is 6.98. The predicted octanol–water partition coefficient (Wildman–Crippen LogP) is 4.51. The number of hydrogen-bond donors (Lipinski definition) is 1. The van der Waals surface area contributed by atoms with Gasteiger partial charge in [-0.2, -0.15) is 0 Å². The van der Waals surface area contributed by atoms with Crippen LogP contribution in [0.2, 0.25) is 0 Å². The van der Waals surface area contributed by atoms with Gasteiger partial charge in [0.2, 0.25) is 0 Å². The Balaban J connectivity index is 1.96. The lowest BCUT2D eigenvalue weighted by atomic mass is 9.68. The molecule has 1 atom stereocenters. The zero-order valence-electron chi connectivity index (χ0n) is 13.9. The molecule has 0 radical (unpaired) electrons. The number of rotatable bonds is 4. The van der Waals surface area contributed by atoms with E-state index in [0.29, 0.717) is 11.5 Å². The second-order valence-electron chi connectivity index (χ2n) is 7.68. The van der Waals surface area contributed by atoms with Crippen molar-refractivity contribution in [3.63, 3.8) is 0 Å². The fraction of sp³-hybridized carbons (Fsp3) is 0.889. The fourth-order valence-electron chi connectivity index (χ4n) is 3.95. The molecule has 1 N–H and O–H groups in total. The van der Waals surface area contributed by atoms with Crippen molar-refractivity contribution in [3.05, 3.63) is 11.8 Å². The third-order valence-corrected chi connectivity index (χ3v) is 5.25. The van der Waals surface area contributed by atoms with E-state index in [0.717, 1.165) is 25.0 Å². The van der Waals surface area contributed by atoms with Gasteiger partial charge in [-0.05, 0) is 67.9 Å². The van der Waals surface area contributed by atoms with Gasteiger partial charge in [0.25, 0.3) is 0 Å². The first-order valence-corrected chi connectivity index (χ1v) is 8.56. The number of ether oxygens (including phenoxy) is 1. The van der Waals surface area contributed by atoms with E-state index in [9.17, 15) is 0 Å². The van der Waals surface area contributed by atoms with Crippen LogP contribution in [0, 0.1) is 17.3 Å². The molecular formula is C18H33NO. The van der Waals surface area contributed by atoms with E-state index in [1.54, 1.807) is 0 Å². The minimum absolute atomic E-state index is 0.478. The lowest BCUT2D eigenvalue weighted by Gasteiger charge is -2.40. The van der Waals surface area contributed by atoms with E-state index in [1.807, 2.05) is 6.26 Å². The first-order valence-electron chi connectivity index (χ1n) is 8.56. The molecule has 2 rings (SSSR count). The summed E-state index contributed by atoms with van der Waals surface area (Å²) in [6, 6.07) is 0.557. The summed E-state index contributed by atoms with van der Waals surface area (Å²) in [6.07, 6.45) is 9.98. The van der Waals surface area contributed by atoms with E-state index in [4.69, 9.17) is 4.74 Å². The number of nitrogens with one attached hydrogen (secondary N) is 1. The normalized spacial score (nSPS) is 29.5. The largest absolute Gasteiger partial charge is 0.501 e. The van der Waals surface area contributed by atoms with Gasteiger partial charge in [-0.3, -0.25) is 0 Å². The van der Waals surface area contributed by atoms with Crippen molar-refractivity contribution < 1.29 is 4.74 Å². The molecule has 2 aliphatic rings. The van der Waals surface area contributed by atoms with Crippen molar-refractivity contribution >= 4 is 0 Å². The molecule has 1 unspecified atom stereocenters. The van der Waals surface area contributed by atoms with Crippen LogP contribution in [0.3, 0.4) is 0 Å². The molecule has 0 aromatic carbocycles. The van der Waals surface area contributed by atoms with Crippen molar-refractivity contribution in [3.8, 4) is 0 Å². The van der Waals surface area contributed by atoms with Gasteiger partial charge in [0.15, 0.2) is 0 Å². The molecule has 2 nitrogen and oxygen atoms in total. The molecule has 1 fully saturated rings. The molecule has 0 spiro atoms. The fourth-order valence-corrected chi connectivity index (χ4v) is 3.95. The Kier molecular flexibility index (Phi) is 5.54. The molecule has 116 valence electrons. The van der Waals surface area contributed by atoms with Crippen molar-refractivity contribution in [2.45, 2.75) is 72.3 Å². The standard InChI is InChI=1S/C18H33NO/c1-5-19-17(15-7-6-12-20-13-15)14-8-10-16(11-9-14)18(2,3)4/h13-14,16-17,19H,5-12H2,1-4H3. The van der Waals surface area contributed by atoms with Crippen LogP contribution in [0.1, 0.15) is 66.2 Å². The third-order valence-electron chi connectivity index (χ3n) is 5.25. The quantitative estimate of drug-likeness (QED) is 0.817. The van der Waals surface area contributed by atoms with Crippen LogP contribution in [-0.4, -0.2) is 19.2 Å². The van der Waals surface area contributed by atoms with Crippen molar-refractivity contribution in [2.24, 2.45) is 17.3 Å². The Bertz CT molecular complexity index is 321. The highest BCUT2D eigenvalue weighted by atomic mass is 16.5. The average molecular weight is 279 g/mol. The van der Waals surface area contributed by atoms with Crippen LogP contribution in [0.4, 0.5) is 0 Å². The minimum Gasteiger partial charge on any atom is -0.501 e. The van der Waals surface area contributed by atoms with Crippen molar-refractivity contribution in [2.75, 3.05) is 13.2 Å². The van der Waals surface area contributed by atoms with Crippen LogP contribution in [0.25, 0.3) is 0 Å². The molecule has 0 amide bonds. The zero-order chi connectivity index (χ0) is 14.6. The lowest BCUT2D eigenvalue weighted by molar-refractivity contribution is 0.134. The van der Waals surface area contributed by atoms with E-state index >= 15 is 0 Å². The highest BCUT2D eigenvalue weighted by Crippen LogP contribution is 2.42. The van der Waals surface area contributed by atoms with Crippen LogP contribution in [0.15, 0.2) is 11.8 Å². The van der Waals surface area contributed by atoms with Crippen LogP contribution in [0.5, 0.6) is 0 Å². The maximum Gasteiger partial charge on any atom is 0.0876 e. The molecule has 1 heterocycles. The zero-order valence-corrected chi connectivity index (χ0v) is 13.9. The van der Waals surface area contributed by atoms with Crippen LogP contribution in [-0.2, 0) is 4.74 Å². The third kappa shape index (κ3) is 4.00. The number of likely N-dealkylation sites (N-methyl/N-ethyl adjacent to an activating group) is 1. The first-order chi connectivity index (χ1) is 9.52. The summed E-state index contributed by atoms with van der Waals surface area (Å²) in [7, 11) is 0. The number of hydrogen-bond acceptors (Lipinski definition) is 2. The van der Waals surface area contributed by atoms with Gasteiger partial charge in [0.1, 0.15) is 0 Å². The Morgan fingerprint density at radius 1 is 1.25 bits per heavy atom. The van der Waals surface area contributed by atoms with Gasteiger partial charge in [-0.1, -0.05) is 27.7 Å². The SMILES string of the molecule is CCNC(C1=COCCC1)C1CCC(C(C)(C)C)CC1. The van der Waals surface area contributed by atoms with Gasteiger partial charge < -0.3 is 10.1 Å². The summed E-state index contributed by atoms with van der Waals surface area (Å²) in [5, 5.41) is 3.73. The first kappa shape index (κ1) is 15.9. The highest BCUT2D eigenvalue weighted by molar-refractivity contribution is 5.12. The monoisotopic (exact) mass is 279 g/mol.